The Kier molecular flexibility index (Phi) is 5.11. The second-order valence-corrected chi connectivity index (χ2v) is 5.39. The van der Waals surface area contributed by atoms with Crippen LogP contribution in [0.5, 0.6) is 0 Å². The van der Waals surface area contributed by atoms with Gasteiger partial charge in [0.1, 0.15) is 0 Å². The molecular weight excluding hydrogens is 364 g/mol. The molecule has 1 N–H and O–H groups in total. The molecule has 26 heavy (non-hydrogen) atoms. The predicted molar refractivity (Wildman–Crippen MR) is 80.8 cm³/mol. The second kappa shape index (κ2) is 6.81. The number of carbonyl (C=O) groups is 2. The molecule has 0 bridgehead atoms. The van der Waals surface area contributed by atoms with Crippen LogP contribution in [-0.2, 0) is 12.4 Å². The Balaban J connectivity index is 2.42. The summed E-state index contributed by atoms with van der Waals surface area (Å²) in [7, 11) is 0. The summed E-state index contributed by atoms with van der Waals surface area (Å²) in [5.74, 6) is -1.48. The van der Waals surface area contributed by atoms with Gasteiger partial charge in [0.25, 0.3) is 5.91 Å². The van der Waals surface area contributed by atoms with Gasteiger partial charge in [-0.3, -0.25) is 9.59 Å². The molecule has 0 atom stereocenters. The fourth-order valence-electron chi connectivity index (χ4n) is 2.11. The van der Waals surface area contributed by atoms with Crippen molar-refractivity contribution < 1.29 is 35.9 Å². The van der Waals surface area contributed by atoms with Crippen LogP contribution >= 0.6 is 0 Å². The summed E-state index contributed by atoms with van der Waals surface area (Å²) >= 11 is 0. The van der Waals surface area contributed by atoms with Crippen LogP contribution in [0.2, 0.25) is 0 Å². The fourth-order valence-corrected chi connectivity index (χ4v) is 2.11. The van der Waals surface area contributed by atoms with Gasteiger partial charge in [-0.1, -0.05) is 12.1 Å². The van der Waals surface area contributed by atoms with Crippen molar-refractivity contribution in [2.45, 2.75) is 19.3 Å². The highest BCUT2D eigenvalue weighted by atomic mass is 19.4. The van der Waals surface area contributed by atoms with Crippen molar-refractivity contribution in [2.75, 3.05) is 5.32 Å². The van der Waals surface area contributed by atoms with Gasteiger partial charge in [0.2, 0.25) is 0 Å². The SMILES string of the molecule is CC(=O)c1cccc(NC(=O)c2cc(C(F)(F)F)cc(C(F)(F)F)c2)c1. The lowest BCUT2D eigenvalue weighted by molar-refractivity contribution is -0.143. The Morgan fingerprint density at radius 2 is 1.35 bits per heavy atom. The Morgan fingerprint density at radius 3 is 1.81 bits per heavy atom. The maximum atomic E-state index is 12.8. The summed E-state index contributed by atoms with van der Waals surface area (Å²) in [6.45, 7) is 1.27. The van der Waals surface area contributed by atoms with E-state index in [1.165, 1.54) is 31.2 Å². The first-order chi connectivity index (χ1) is 11.9. The van der Waals surface area contributed by atoms with Crippen LogP contribution < -0.4 is 5.32 Å². The molecule has 0 aliphatic carbocycles. The lowest BCUT2D eigenvalue weighted by atomic mass is 10.0. The molecule has 138 valence electrons. The first-order valence-corrected chi connectivity index (χ1v) is 7.10. The van der Waals surface area contributed by atoms with E-state index in [-0.39, 0.29) is 23.1 Å². The summed E-state index contributed by atoms with van der Waals surface area (Å²) in [6.07, 6.45) is -10.1. The molecule has 2 rings (SSSR count). The highest BCUT2D eigenvalue weighted by Gasteiger charge is 2.37. The van der Waals surface area contributed by atoms with Crippen LogP contribution in [0, 0.1) is 0 Å². The van der Waals surface area contributed by atoms with Crippen LogP contribution in [0.3, 0.4) is 0 Å². The number of hydrogen-bond acceptors (Lipinski definition) is 2. The predicted octanol–water partition coefficient (Wildman–Crippen LogP) is 5.18. The van der Waals surface area contributed by atoms with Gasteiger partial charge in [-0.15, -0.1) is 0 Å². The number of nitrogens with one attached hydrogen (secondary N) is 1. The maximum absolute atomic E-state index is 12.8. The quantitative estimate of drug-likeness (QED) is 0.594. The minimum atomic E-state index is -5.05. The number of amides is 1. The van der Waals surface area contributed by atoms with Gasteiger partial charge in [0, 0.05) is 16.8 Å². The number of alkyl halides is 6. The zero-order chi connectivity index (χ0) is 19.7. The second-order valence-electron chi connectivity index (χ2n) is 5.39. The van der Waals surface area contributed by atoms with Crippen molar-refractivity contribution in [3.05, 3.63) is 64.7 Å². The van der Waals surface area contributed by atoms with Crippen LogP contribution in [0.15, 0.2) is 42.5 Å². The Bertz CT molecular complexity index is 823. The highest BCUT2D eigenvalue weighted by Crippen LogP contribution is 2.36. The summed E-state index contributed by atoms with van der Waals surface area (Å²) in [5, 5.41) is 2.18. The standard InChI is InChI=1S/C17H11F6NO2/c1-9(25)10-3-2-4-14(7-10)24-15(26)11-5-12(16(18,19)20)8-13(6-11)17(21,22)23/h2-8H,1H3,(H,24,26). The zero-order valence-corrected chi connectivity index (χ0v) is 13.1. The molecule has 0 radical (unpaired) electrons. The van der Waals surface area contributed by atoms with E-state index in [4.69, 9.17) is 0 Å². The molecule has 2 aromatic rings. The molecule has 0 fully saturated rings. The van der Waals surface area contributed by atoms with Crippen LogP contribution in [0.1, 0.15) is 38.8 Å². The summed E-state index contributed by atoms with van der Waals surface area (Å²) in [5.41, 5.74) is -3.69. The third kappa shape index (κ3) is 4.62. The molecule has 0 aromatic heterocycles. The Morgan fingerprint density at radius 1 is 0.808 bits per heavy atom. The van der Waals surface area contributed by atoms with Gasteiger partial charge in [-0.25, -0.2) is 0 Å². The van der Waals surface area contributed by atoms with Gasteiger partial charge in [0.15, 0.2) is 5.78 Å². The largest absolute Gasteiger partial charge is 0.416 e. The fraction of sp³-hybridized carbons (Fsp3) is 0.176. The molecule has 0 spiro atoms. The molecule has 9 heteroatoms. The van der Waals surface area contributed by atoms with Gasteiger partial charge >= 0.3 is 12.4 Å². The molecule has 2 aromatic carbocycles. The Labute approximate surface area is 143 Å². The van der Waals surface area contributed by atoms with Crippen LogP contribution in [0.25, 0.3) is 0 Å². The third-order valence-electron chi connectivity index (χ3n) is 3.38. The molecule has 0 heterocycles. The van der Waals surface area contributed by atoms with E-state index in [1.807, 2.05) is 0 Å². The smallest absolute Gasteiger partial charge is 0.322 e. The summed E-state index contributed by atoms with van der Waals surface area (Å²) < 4.78 is 77.0. The molecule has 0 unspecified atom stereocenters. The number of rotatable bonds is 3. The normalized spacial score (nSPS) is 12.0. The third-order valence-corrected chi connectivity index (χ3v) is 3.38. The van der Waals surface area contributed by atoms with E-state index >= 15 is 0 Å². The van der Waals surface area contributed by atoms with Crippen molar-refractivity contribution in [2.24, 2.45) is 0 Å². The van der Waals surface area contributed by atoms with E-state index in [0.717, 1.165) is 0 Å². The van der Waals surface area contributed by atoms with Crippen molar-refractivity contribution in [3.63, 3.8) is 0 Å². The van der Waals surface area contributed by atoms with E-state index < -0.39 is 35.0 Å². The number of carbonyl (C=O) groups excluding carboxylic acids is 2. The van der Waals surface area contributed by atoms with Gasteiger partial charge in [-0.05, 0) is 37.3 Å². The molecule has 0 aliphatic heterocycles. The minimum Gasteiger partial charge on any atom is -0.322 e. The van der Waals surface area contributed by atoms with Crippen molar-refractivity contribution >= 4 is 17.4 Å². The molecule has 0 saturated heterocycles. The Hall–Kier alpha value is -2.84. The highest BCUT2D eigenvalue weighted by molar-refractivity contribution is 6.05. The minimum absolute atomic E-state index is 0.0623. The number of Topliss-reactive ketones (excluding diaryl/α,β-unsaturated/α-hetero) is 1. The zero-order valence-electron chi connectivity index (χ0n) is 13.1. The lowest BCUT2D eigenvalue weighted by Gasteiger charge is -2.14. The number of ketones is 1. The van der Waals surface area contributed by atoms with E-state index in [9.17, 15) is 35.9 Å². The van der Waals surface area contributed by atoms with E-state index in [0.29, 0.717) is 12.1 Å². The monoisotopic (exact) mass is 375 g/mol. The number of halogens is 6. The molecule has 1 amide bonds. The van der Waals surface area contributed by atoms with Crippen molar-refractivity contribution in [1.82, 2.24) is 0 Å². The number of anilines is 1. The average molecular weight is 375 g/mol. The number of hydrogen-bond donors (Lipinski definition) is 1. The van der Waals surface area contributed by atoms with Gasteiger partial charge in [-0.2, -0.15) is 26.3 Å². The van der Waals surface area contributed by atoms with Crippen molar-refractivity contribution in [3.8, 4) is 0 Å². The van der Waals surface area contributed by atoms with Crippen molar-refractivity contribution in [1.29, 1.82) is 0 Å². The van der Waals surface area contributed by atoms with E-state index in [2.05, 4.69) is 5.32 Å². The van der Waals surface area contributed by atoms with Crippen LogP contribution in [-0.4, -0.2) is 11.7 Å². The van der Waals surface area contributed by atoms with Gasteiger partial charge < -0.3 is 5.32 Å². The average Bonchev–Trinajstić information content (AvgIpc) is 2.53. The molecule has 3 nitrogen and oxygen atoms in total. The van der Waals surface area contributed by atoms with E-state index in [1.54, 1.807) is 0 Å². The number of benzene rings is 2. The molecular formula is C17H11F6NO2. The summed E-state index contributed by atoms with van der Waals surface area (Å²) in [4.78, 5) is 23.4. The first-order valence-electron chi connectivity index (χ1n) is 7.10. The molecule has 0 saturated carbocycles. The topological polar surface area (TPSA) is 46.2 Å². The molecule has 0 aliphatic rings. The maximum Gasteiger partial charge on any atom is 0.416 e. The van der Waals surface area contributed by atoms with Crippen LogP contribution in [0.4, 0.5) is 32.0 Å². The first kappa shape index (κ1) is 19.5. The van der Waals surface area contributed by atoms with Gasteiger partial charge in [0.05, 0.1) is 11.1 Å². The summed E-state index contributed by atoms with van der Waals surface area (Å²) in [6, 6.07) is 6.08. The lowest BCUT2D eigenvalue weighted by Crippen LogP contribution is -2.17.